The van der Waals surface area contributed by atoms with Crippen LogP contribution in [0, 0.1) is 5.92 Å². The lowest BCUT2D eigenvalue weighted by molar-refractivity contribution is -0.149. The minimum atomic E-state index is -1.70. The molecule has 0 aliphatic rings. The molecule has 0 saturated heterocycles. The molecular formula is C14H27NO3. The van der Waals surface area contributed by atoms with Crippen molar-refractivity contribution in [3.8, 4) is 0 Å². The number of unbranched alkanes of at least 4 members (excludes halogenated alkanes) is 4. The van der Waals surface area contributed by atoms with Crippen LogP contribution in [0.3, 0.4) is 0 Å². The second kappa shape index (κ2) is 8.25. The fourth-order valence-corrected chi connectivity index (χ4v) is 2.08. The van der Waals surface area contributed by atoms with Crippen molar-refractivity contribution in [2.24, 2.45) is 11.7 Å². The summed E-state index contributed by atoms with van der Waals surface area (Å²) < 4.78 is 0. The zero-order valence-corrected chi connectivity index (χ0v) is 11.9. The maximum atomic E-state index is 12.0. The van der Waals surface area contributed by atoms with Crippen LogP contribution < -0.4 is 5.73 Å². The van der Waals surface area contributed by atoms with Gasteiger partial charge in [-0.25, -0.2) is 4.79 Å². The number of hydrogen-bond acceptors (Lipinski definition) is 3. The molecule has 0 aliphatic carbocycles. The molecular weight excluding hydrogens is 230 g/mol. The monoisotopic (exact) mass is 257 g/mol. The van der Waals surface area contributed by atoms with E-state index >= 15 is 0 Å². The first-order chi connectivity index (χ1) is 8.34. The number of ketones is 1. The fourth-order valence-electron chi connectivity index (χ4n) is 2.08. The molecule has 0 aromatic rings. The predicted molar refractivity (Wildman–Crippen MR) is 72.4 cm³/mol. The number of Topliss-reactive ketones (excluding diaryl/α,β-unsaturated/α-hetero) is 1. The number of carbonyl (C=O) groups excluding carboxylic acids is 1. The molecule has 0 radical (unpaired) electrons. The highest BCUT2D eigenvalue weighted by Crippen LogP contribution is 2.19. The van der Waals surface area contributed by atoms with Gasteiger partial charge >= 0.3 is 5.97 Å². The van der Waals surface area contributed by atoms with Crippen LogP contribution in [-0.2, 0) is 9.59 Å². The molecule has 0 aromatic heterocycles. The van der Waals surface area contributed by atoms with Gasteiger partial charge < -0.3 is 10.8 Å². The Morgan fingerprint density at radius 2 is 1.72 bits per heavy atom. The van der Waals surface area contributed by atoms with Crippen molar-refractivity contribution in [2.45, 2.75) is 71.3 Å². The van der Waals surface area contributed by atoms with E-state index in [-0.39, 0.29) is 24.5 Å². The molecule has 1 unspecified atom stereocenters. The summed E-state index contributed by atoms with van der Waals surface area (Å²) >= 11 is 0. The van der Waals surface area contributed by atoms with E-state index in [9.17, 15) is 9.59 Å². The Morgan fingerprint density at radius 1 is 1.17 bits per heavy atom. The minimum absolute atomic E-state index is 0.0927. The van der Waals surface area contributed by atoms with Crippen molar-refractivity contribution in [1.29, 1.82) is 0 Å². The summed E-state index contributed by atoms with van der Waals surface area (Å²) in [6.07, 6.45) is 5.60. The van der Waals surface area contributed by atoms with Gasteiger partial charge in [0.1, 0.15) is 0 Å². The highest BCUT2D eigenvalue weighted by molar-refractivity contribution is 6.07. The SMILES string of the molecule is CCCCCCCC(=O)C(N)(CC(C)C)C(=O)O. The molecule has 106 valence electrons. The van der Waals surface area contributed by atoms with Crippen molar-refractivity contribution in [3.05, 3.63) is 0 Å². The van der Waals surface area contributed by atoms with Crippen LogP contribution in [0.2, 0.25) is 0 Å². The number of carboxylic acids is 1. The Kier molecular flexibility index (Phi) is 7.83. The number of rotatable bonds is 10. The molecule has 0 aromatic carbocycles. The number of nitrogens with two attached hydrogens (primary N) is 1. The van der Waals surface area contributed by atoms with Crippen LogP contribution in [-0.4, -0.2) is 22.4 Å². The van der Waals surface area contributed by atoms with Gasteiger partial charge in [0.05, 0.1) is 0 Å². The smallest absolute Gasteiger partial charge is 0.331 e. The zero-order chi connectivity index (χ0) is 14.2. The van der Waals surface area contributed by atoms with Crippen LogP contribution in [0.1, 0.15) is 65.7 Å². The van der Waals surface area contributed by atoms with Crippen molar-refractivity contribution in [3.63, 3.8) is 0 Å². The molecule has 0 aliphatic heterocycles. The van der Waals surface area contributed by atoms with Gasteiger partial charge in [-0.05, 0) is 18.8 Å². The van der Waals surface area contributed by atoms with Gasteiger partial charge in [0.25, 0.3) is 0 Å². The van der Waals surface area contributed by atoms with E-state index in [1.54, 1.807) is 0 Å². The third-order valence-electron chi connectivity index (χ3n) is 3.12. The van der Waals surface area contributed by atoms with E-state index in [2.05, 4.69) is 6.92 Å². The largest absolute Gasteiger partial charge is 0.480 e. The Bertz CT molecular complexity index is 276. The van der Waals surface area contributed by atoms with Crippen LogP contribution >= 0.6 is 0 Å². The minimum Gasteiger partial charge on any atom is -0.480 e. The van der Waals surface area contributed by atoms with Crippen molar-refractivity contribution in [1.82, 2.24) is 0 Å². The molecule has 4 heteroatoms. The van der Waals surface area contributed by atoms with Crippen molar-refractivity contribution >= 4 is 11.8 Å². The highest BCUT2D eigenvalue weighted by atomic mass is 16.4. The Morgan fingerprint density at radius 3 is 2.17 bits per heavy atom. The summed E-state index contributed by atoms with van der Waals surface area (Å²) in [6, 6.07) is 0. The van der Waals surface area contributed by atoms with Crippen LogP contribution in [0.25, 0.3) is 0 Å². The Hall–Kier alpha value is -0.900. The molecule has 18 heavy (non-hydrogen) atoms. The van der Waals surface area contributed by atoms with E-state index in [1.807, 2.05) is 13.8 Å². The summed E-state index contributed by atoms with van der Waals surface area (Å²) in [4.78, 5) is 23.2. The third kappa shape index (κ3) is 5.63. The van der Waals surface area contributed by atoms with E-state index in [4.69, 9.17) is 10.8 Å². The quantitative estimate of drug-likeness (QED) is 0.466. The molecule has 0 bridgehead atoms. The first kappa shape index (κ1) is 17.1. The molecule has 1 atom stereocenters. The average molecular weight is 257 g/mol. The highest BCUT2D eigenvalue weighted by Gasteiger charge is 2.41. The van der Waals surface area contributed by atoms with Gasteiger partial charge in [0.15, 0.2) is 11.3 Å². The molecule has 0 amide bonds. The van der Waals surface area contributed by atoms with Gasteiger partial charge in [0, 0.05) is 6.42 Å². The predicted octanol–water partition coefficient (Wildman–Crippen LogP) is 2.74. The average Bonchev–Trinajstić information content (AvgIpc) is 2.27. The van der Waals surface area contributed by atoms with Gasteiger partial charge in [-0.1, -0.05) is 46.5 Å². The maximum Gasteiger partial charge on any atom is 0.331 e. The van der Waals surface area contributed by atoms with Crippen molar-refractivity contribution < 1.29 is 14.7 Å². The summed E-state index contributed by atoms with van der Waals surface area (Å²) in [5.74, 6) is -1.44. The normalized spacial score (nSPS) is 14.5. The van der Waals surface area contributed by atoms with Gasteiger partial charge in [-0.3, -0.25) is 4.79 Å². The van der Waals surface area contributed by atoms with E-state index in [0.717, 1.165) is 32.1 Å². The lowest BCUT2D eigenvalue weighted by Crippen LogP contribution is -2.55. The first-order valence-electron chi connectivity index (χ1n) is 6.90. The molecule has 0 spiro atoms. The fraction of sp³-hybridized carbons (Fsp3) is 0.857. The Labute approximate surface area is 110 Å². The summed E-state index contributed by atoms with van der Waals surface area (Å²) in [7, 11) is 0. The van der Waals surface area contributed by atoms with Crippen LogP contribution in [0.15, 0.2) is 0 Å². The maximum absolute atomic E-state index is 12.0. The molecule has 0 rings (SSSR count). The third-order valence-corrected chi connectivity index (χ3v) is 3.12. The molecule has 4 nitrogen and oxygen atoms in total. The second-order valence-corrected chi connectivity index (χ2v) is 5.46. The van der Waals surface area contributed by atoms with Gasteiger partial charge in [-0.2, -0.15) is 0 Å². The lowest BCUT2D eigenvalue weighted by atomic mass is 9.84. The van der Waals surface area contributed by atoms with Gasteiger partial charge in [0.2, 0.25) is 0 Å². The summed E-state index contributed by atoms with van der Waals surface area (Å²) in [6.45, 7) is 5.88. The van der Waals surface area contributed by atoms with Crippen molar-refractivity contribution in [2.75, 3.05) is 0 Å². The summed E-state index contributed by atoms with van der Waals surface area (Å²) in [5.41, 5.74) is 4.08. The Balaban J connectivity index is 4.28. The topological polar surface area (TPSA) is 80.4 Å². The number of hydrogen-bond donors (Lipinski definition) is 2. The van der Waals surface area contributed by atoms with E-state index in [1.165, 1.54) is 0 Å². The molecule has 0 fully saturated rings. The number of carbonyl (C=O) groups is 2. The zero-order valence-electron chi connectivity index (χ0n) is 11.9. The standard InChI is InChI=1S/C14H27NO3/c1-4-5-6-7-8-9-12(16)14(15,13(17)18)10-11(2)3/h11H,4-10,15H2,1-3H3,(H,17,18). The molecule has 0 saturated carbocycles. The van der Waals surface area contributed by atoms with Crippen LogP contribution in [0.5, 0.6) is 0 Å². The first-order valence-corrected chi connectivity index (χ1v) is 6.90. The van der Waals surface area contributed by atoms with Crippen LogP contribution in [0.4, 0.5) is 0 Å². The summed E-state index contributed by atoms with van der Waals surface area (Å²) in [5, 5.41) is 9.15. The number of aliphatic carboxylic acids is 1. The molecule has 3 N–H and O–H groups in total. The number of carboxylic acid groups (broad SMARTS) is 1. The second-order valence-electron chi connectivity index (χ2n) is 5.46. The molecule has 0 heterocycles. The van der Waals surface area contributed by atoms with E-state index in [0.29, 0.717) is 0 Å². The lowest BCUT2D eigenvalue weighted by Gasteiger charge is -2.25. The van der Waals surface area contributed by atoms with Gasteiger partial charge in [-0.15, -0.1) is 0 Å². The van der Waals surface area contributed by atoms with E-state index < -0.39 is 11.5 Å².